The van der Waals surface area contributed by atoms with E-state index in [0.717, 1.165) is 16.1 Å². The van der Waals surface area contributed by atoms with E-state index in [1.807, 2.05) is 51.1 Å². The third-order valence-electron chi connectivity index (χ3n) is 2.97. The molecule has 0 atom stereocenters. The van der Waals surface area contributed by atoms with Gasteiger partial charge in [-0.05, 0) is 84.5 Å². The molecule has 0 aliphatic carbocycles. The molecule has 0 aliphatic heterocycles. The summed E-state index contributed by atoms with van der Waals surface area (Å²) in [5, 5.41) is 2.71. The van der Waals surface area contributed by atoms with Gasteiger partial charge in [0.25, 0.3) is 0 Å². The Labute approximate surface area is 159 Å². The summed E-state index contributed by atoms with van der Waals surface area (Å²) in [6.07, 6.45) is -0.442. The van der Waals surface area contributed by atoms with Crippen molar-refractivity contribution in [1.82, 2.24) is 5.32 Å². The van der Waals surface area contributed by atoms with E-state index >= 15 is 0 Å². The molecule has 0 aliphatic rings. The Hall–Kier alpha value is -1.73. The molecular weight excluding hydrogens is 407 g/mol. The fourth-order valence-corrected chi connectivity index (χ4v) is 2.75. The molecule has 0 aromatic heterocycles. The topological polar surface area (TPSA) is 50.4 Å². The third kappa shape index (κ3) is 6.96. The summed E-state index contributed by atoms with van der Waals surface area (Å²) in [6, 6.07) is 12.6. The van der Waals surface area contributed by atoms with Crippen molar-refractivity contribution < 1.29 is 13.9 Å². The van der Waals surface area contributed by atoms with Gasteiger partial charge in [-0.25, -0.2) is 9.18 Å². The first kappa shape index (κ1) is 19.6. The zero-order chi connectivity index (χ0) is 18.4. The second-order valence-electron chi connectivity index (χ2n) is 6.33. The van der Waals surface area contributed by atoms with Gasteiger partial charge in [0.2, 0.25) is 0 Å². The molecule has 0 heterocycles. The van der Waals surface area contributed by atoms with Crippen LogP contribution in [0.2, 0.25) is 0 Å². The molecule has 25 heavy (non-hydrogen) atoms. The van der Waals surface area contributed by atoms with Crippen molar-refractivity contribution in [2.45, 2.75) is 37.8 Å². The number of hydrogen-bond donors (Lipinski definition) is 2. The third-order valence-corrected chi connectivity index (χ3v) is 4.44. The Morgan fingerprint density at radius 2 is 1.88 bits per heavy atom. The van der Waals surface area contributed by atoms with Gasteiger partial charge in [0.15, 0.2) is 0 Å². The van der Waals surface area contributed by atoms with Gasteiger partial charge in [-0.3, -0.25) is 0 Å². The van der Waals surface area contributed by atoms with Gasteiger partial charge in [0.1, 0.15) is 11.4 Å². The highest BCUT2D eigenvalue weighted by molar-refractivity contribution is 9.10. The number of amides is 1. The van der Waals surface area contributed by atoms with Crippen molar-refractivity contribution in [2.75, 3.05) is 4.72 Å². The SMILES string of the molecule is CC(C)(C)OC(=O)NCc1ccc(NSc2ccc(Br)c(F)c2)cc1. The summed E-state index contributed by atoms with van der Waals surface area (Å²) in [7, 11) is 0. The van der Waals surface area contributed by atoms with Crippen molar-refractivity contribution in [2.24, 2.45) is 0 Å². The van der Waals surface area contributed by atoms with Gasteiger partial charge in [-0.2, -0.15) is 0 Å². The largest absolute Gasteiger partial charge is 0.444 e. The average molecular weight is 427 g/mol. The molecule has 0 unspecified atom stereocenters. The minimum absolute atomic E-state index is 0.296. The van der Waals surface area contributed by atoms with Gasteiger partial charge in [0, 0.05) is 17.1 Å². The van der Waals surface area contributed by atoms with Crippen LogP contribution in [0.3, 0.4) is 0 Å². The van der Waals surface area contributed by atoms with Gasteiger partial charge >= 0.3 is 6.09 Å². The quantitative estimate of drug-likeness (QED) is 0.599. The maximum Gasteiger partial charge on any atom is 0.407 e. The van der Waals surface area contributed by atoms with E-state index in [9.17, 15) is 9.18 Å². The molecule has 0 spiro atoms. The monoisotopic (exact) mass is 426 g/mol. The summed E-state index contributed by atoms with van der Waals surface area (Å²) in [5.41, 5.74) is 1.33. The van der Waals surface area contributed by atoms with Crippen LogP contribution in [0.1, 0.15) is 26.3 Å². The molecule has 2 aromatic carbocycles. The molecule has 4 nitrogen and oxygen atoms in total. The lowest BCUT2D eigenvalue weighted by Gasteiger charge is -2.19. The van der Waals surface area contributed by atoms with Crippen molar-refractivity contribution >= 4 is 39.7 Å². The predicted molar refractivity (Wildman–Crippen MR) is 103 cm³/mol. The van der Waals surface area contributed by atoms with Crippen LogP contribution >= 0.6 is 27.9 Å². The van der Waals surface area contributed by atoms with Crippen LogP contribution in [-0.2, 0) is 11.3 Å². The lowest BCUT2D eigenvalue weighted by Crippen LogP contribution is -2.32. The van der Waals surface area contributed by atoms with E-state index in [0.29, 0.717) is 11.0 Å². The standard InChI is InChI=1S/C18H20BrFN2O2S/c1-18(2,3)24-17(23)21-11-12-4-6-13(7-5-12)22-25-14-8-9-15(19)16(20)10-14/h4-10,22H,11H2,1-3H3,(H,21,23). The first-order valence-electron chi connectivity index (χ1n) is 7.67. The molecule has 2 rings (SSSR count). The van der Waals surface area contributed by atoms with E-state index in [2.05, 4.69) is 26.0 Å². The van der Waals surface area contributed by atoms with Crippen LogP contribution < -0.4 is 10.0 Å². The molecule has 0 bridgehead atoms. The second-order valence-corrected chi connectivity index (χ2v) is 8.07. The van der Waals surface area contributed by atoms with Crippen molar-refractivity contribution in [3.8, 4) is 0 Å². The summed E-state index contributed by atoms with van der Waals surface area (Å²) < 4.78 is 22.3. The maximum atomic E-state index is 13.5. The number of rotatable bonds is 5. The maximum absolute atomic E-state index is 13.5. The highest BCUT2D eigenvalue weighted by Gasteiger charge is 2.15. The molecule has 2 N–H and O–H groups in total. The summed E-state index contributed by atoms with van der Waals surface area (Å²) in [4.78, 5) is 12.4. The number of anilines is 1. The average Bonchev–Trinajstić information content (AvgIpc) is 2.53. The van der Waals surface area contributed by atoms with Gasteiger partial charge in [0.05, 0.1) is 4.47 Å². The molecule has 0 saturated carbocycles. The minimum Gasteiger partial charge on any atom is -0.444 e. The summed E-state index contributed by atoms with van der Waals surface area (Å²) in [5.74, 6) is -0.296. The molecular formula is C18H20BrFN2O2S. The Morgan fingerprint density at radius 3 is 2.48 bits per heavy atom. The molecule has 7 heteroatoms. The lowest BCUT2D eigenvalue weighted by atomic mass is 10.2. The normalized spacial score (nSPS) is 11.1. The number of carbonyl (C=O) groups is 1. The van der Waals surface area contributed by atoms with Gasteiger partial charge in [-0.15, -0.1) is 0 Å². The summed E-state index contributed by atoms with van der Waals surface area (Å²) >= 11 is 4.46. The molecule has 0 radical (unpaired) electrons. The van der Waals surface area contributed by atoms with E-state index < -0.39 is 11.7 Å². The first-order valence-corrected chi connectivity index (χ1v) is 9.27. The van der Waals surface area contributed by atoms with Crippen LogP contribution in [0.5, 0.6) is 0 Å². The Balaban J connectivity index is 1.83. The van der Waals surface area contributed by atoms with E-state index in [-0.39, 0.29) is 5.82 Å². The minimum atomic E-state index is -0.512. The van der Waals surface area contributed by atoms with Crippen LogP contribution in [0.25, 0.3) is 0 Å². The Bertz CT molecular complexity index is 733. The number of ether oxygens (including phenoxy) is 1. The number of halogens is 2. The zero-order valence-corrected chi connectivity index (χ0v) is 16.6. The Kier molecular flexibility index (Phi) is 6.72. The van der Waals surface area contributed by atoms with Crippen LogP contribution in [-0.4, -0.2) is 11.7 Å². The fraction of sp³-hybridized carbons (Fsp3) is 0.278. The first-order chi connectivity index (χ1) is 11.7. The van der Waals surface area contributed by atoms with Gasteiger partial charge < -0.3 is 14.8 Å². The van der Waals surface area contributed by atoms with E-state index in [1.54, 1.807) is 6.07 Å². The van der Waals surface area contributed by atoms with Gasteiger partial charge in [-0.1, -0.05) is 12.1 Å². The molecule has 1 amide bonds. The zero-order valence-electron chi connectivity index (χ0n) is 14.2. The molecule has 2 aromatic rings. The van der Waals surface area contributed by atoms with Crippen molar-refractivity contribution in [3.05, 3.63) is 58.3 Å². The van der Waals surface area contributed by atoms with E-state index in [1.165, 1.54) is 18.0 Å². The number of hydrogen-bond acceptors (Lipinski definition) is 4. The van der Waals surface area contributed by atoms with Crippen LogP contribution in [0, 0.1) is 5.82 Å². The molecule has 0 saturated heterocycles. The number of alkyl carbamates (subject to hydrolysis) is 1. The highest BCUT2D eigenvalue weighted by Crippen LogP contribution is 2.25. The highest BCUT2D eigenvalue weighted by atomic mass is 79.9. The number of carbonyl (C=O) groups excluding carboxylic acids is 1. The van der Waals surface area contributed by atoms with Crippen molar-refractivity contribution in [1.29, 1.82) is 0 Å². The predicted octanol–water partition coefficient (Wildman–Crippen LogP) is 5.73. The molecule has 0 fully saturated rings. The smallest absolute Gasteiger partial charge is 0.407 e. The van der Waals surface area contributed by atoms with E-state index in [4.69, 9.17) is 4.74 Å². The lowest BCUT2D eigenvalue weighted by molar-refractivity contribution is 0.0523. The number of nitrogens with one attached hydrogen (secondary N) is 2. The van der Waals surface area contributed by atoms with Crippen LogP contribution in [0.4, 0.5) is 14.9 Å². The summed E-state index contributed by atoms with van der Waals surface area (Å²) in [6.45, 7) is 5.85. The molecule has 134 valence electrons. The van der Waals surface area contributed by atoms with Crippen LogP contribution in [0.15, 0.2) is 51.8 Å². The van der Waals surface area contributed by atoms with Crippen molar-refractivity contribution in [3.63, 3.8) is 0 Å². The number of benzene rings is 2. The fourth-order valence-electron chi connectivity index (χ4n) is 1.84. The second kappa shape index (κ2) is 8.58. The Morgan fingerprint density at radius 1 is 1.20 bits per heavy atom.